The molecule has 0 aliphatic carbocycles. The maximum atomic E-state index is 12.9. The molecule has 5 heteroatoms. The number of nitrogens with zero attached hydrogens (tertiary/aromatic N) is 1. The van der Waals surface area contributed by atoms with Crippen molar-refractivity contribution in [1.29, 1.82) is 0 Å². The summed E-state index contributed by atoms with van der Waals surface area (Å²) in [5, 5.41) is 2.83. The van der Waals surface area contributed by atoms with Gasteiger partial charge in [-0.2, -0.15) is 0 Å². The molecule has 0 aromatic heterocycles. The second kappa shape index (κ2) is 6.45. The summed E-state index contributed by atoms with van der Waals surface area (Å²) in [5.41, 5.74) is 0.685. The molecule has 5 nitrogen and oxygen atoms in total. The summed E-state index contributed by atoms with van der Waals surface area (Å²) < 4.78 is 5.64. The van der Waals surface area contributed by atoms with Gasteiger partial charge in [-0.1, -0.05) is 45.0 Å². The van der Waals surface area contributed by atoms with Crippen LogP contribution in [0.5, 0.6) is 0 Å². The van der Waals surface area contributed by atoms with Crippen molar-refractivity contribution >= 4 is 11.9 Å². The Bertz CT molecular complexity index is 653. The fourth-order valence-electron chi connectivity index (χ4n) is 2.84. The van der Waals surface area contributed by atoms with Gasteiger partial charge < -0.3 is 10.1 Å². The molecule has 138 valence electrons. The number of imide groups is 1. The first-order valence-electron chi connectivity index (χ1n) is 8.74. The third-order valence-corrected chi connectivity index (χ3v) is 4.45. The van der Waals surface area contributed by atoms with Crippen LogP contribution in [0, 0.1) is 0 Å². The topological polar surface area (TPSA) is 58.6 Å². The summed E-state index contributed by atoms with van der Waals surface area (Å²) in [6, 6.07) is 7.52. The van der Waals surface area contributed by atoms with E-state index in [1.54, 1.807) is 6.92 Å². The average Bonchev–Trinajstić information content (AvgIpc) is 2.69. The number of nitrogens with one attached hydrogen (secondary N) is 1. The number of amides is 3. The van der Waals surface area contributed by atoms with E-state index in [-0.39, 0.29) is 29.5 Å². The maximum Gasteiger partial charge on any atom is 0.325 e. The summed E-state index contributed by atoms with van der Waals surface area (Å²) in [6.07, 6.45) is 0. The van der Waals surface area contributed by atoms with Crippen LogP contribution in [0.1, 0.15) is 59.6 Å². The lowest BCUT2D eigenvalue weighted by Crippen LogP contribution is -2.41. The van der Waals surface area contributed by atoms with E-state index in [0.29, 0.717) is 6.61 Å². The minimum atomic E-state index is -1.03. The van der Waals surface area contributed by atoms with Gasteiger partial charge in [0, 0.05) is 0 Å². The Hall–Kier alpha value is -1.88. The number of ether oxygens (including phenoxy) is 1. The molecule has 0 spiro atoms. The quantitative estimate of drug-likeness (QED) is 0.848. The number of rotatable bonds is 4. The molecule has 0 radical (unpaired) electrons. The lowest BCUT2D eigenvalue weighted by Gasteiger charge is -2.25. The van der Waals surface area contributed by atoms with Gasteiger partial charge in [0.25, 0.3) is 5.91 Å². The van der Waals surface area contributed by atoms with Crippen LogP contribution >= 0.6 is 0 Å². The van der Waals surface area contributed by atoms with E-state index in [0.717, 1.165) is 5.56 Å². The van der Waals surface area contributed by atoms with Gasteiger partial charge >= 0.3 is 6.03 Å². The molecule has 1 fully saturated rings. The molecule has 2 rings (SSSR count). The minimum absolute atomic E-state index is 0.0404. The zero-order valence-electron chi connectivity index (χ0n) is 16.4. The van der Waals surface area contributed by atoms with Crippen LogP contribution in [-0.2, 0) is 20.5 Å². The van der Waals surface area contributed by atoms with Crippen molar-refractivity contribution in [2.24, 2.45) is 0 Å². The van der Waals surface area contributed by atoms with Crippen molar-refractivity contribution in [2.45, 2.75) is 65.0 Å². The lowest BCUT2D eigenvalue weighted by atomic mass is 9.84. The van der Waals surface area contributed by atoms with Crippen molar-refractivity contribution in [2.75, 3.05) is 13.2 Å². The van der Waals surface area contributed by atoms with Crippen LogP contribution in [0.4, 0.5) is 4.79 Å². The van der Waals surface area contributed by atoms with Crippen LogP contribution < -0.4 is 5.32 Å². The smallest absolute Gasteiger partial charge is 0.325 e. The monoisotopic (exact) mass is 346 g/mol. The number of hydrogen-bond donors (Lipinski definition) is 1. The summed E-state index contributed by atoms with van der Waals surface area (Å²) in [6.45, 7) is 14.6. The van der Waals surface area contributed by atoms with E-state index in [1.807, 2.05) is 45.0 Å². The second-order valence-corrected chi connectivity index (χ2v) is 8.80. The van der Waals surface area contributed by atoms with E-state index >= 15 is 0 Å². The molecule has 1 saturated heterocycles. The standard InChI is InChI=1S/C20H30N2O3/c1-18(2,3)14-8-10-15(11-9-14)20(7)16(23)22(17(24)21-20)12-13-25-19(4,5)6/h8-11H,12-13H2,1-7H3,(H,21,24)/t20-/m1/s1. The van der Waals surface area contributed by atoms with Gasteiger partial charge in [0.05, 0.1) is 18.8 Å². The van der Waals surface area contributed by atoms with Gasteiger partial charge in [0.15, 0.2) is 0 Å². The molecule has 1 atom stereocenters. The van der Waals surface area contributed by atoms with Crippen molar-refractivity contribution in [3.63, 3.8) is 0 Å². The Morgan fingerprint density at radius 2 is 1.60 bits per heavy atom. The molecule has 3 amide bonds. The van der Waals surface area contributed by atoms with Crippen LogP contribution in [-0.4, -0.2) is 35.6 Å². The highest BCUT2D eigenvalue weighted by atomic mass is 16.5. The van der Waals surface area contributed by atoms with E-state index in [4.69, 9.17) is 4.74 Å². The molecule has 1 aromatic carbocycles. The number of carbonyl (C=O) groups is 2. The average molecular weight is 346 g/mol. The summed E-state index contributed by atoms with van der Waals surface area (Å²) in [7, 11) is 0. The zero-order valence-corrected chi connectivity index (χ0v) is 16.4. The summed E-state index contributed by atoms with van der Waals surface area (Å²) >= 11 is 0. The Labute approximate surface area is 150 Å². The van der Waals surface area contributed by atoms with Gasteiger partial charge in [-0.05, 0) is 44.2 Å². The van der Waals surface area contributed by atoms with Gasteiger partial charge in [0.1, 0.15) is 5.54 Å². The lowest BCUT2D eigenvalue weighted by molar-refractivity contribution is -0.132. The highest BCUT2D eigenvalue weighted by Crippen LogP contribution is 2.31. The number of carbonyl (C=O) groups excluding carboxylic acids is 2. The SMILES string of the molecule is CC(C)(C)OCCN1C(=O)N[C@](C)(c2ccc(C(C)(C)C)cc2)C1=O. The Morgan fingerprint density at radius 3 is 2.08 bits per heavy atom. The molecule has 0 saturated carbocycles. The van der Waals surface area contributed by atoms with Gasteiger partial charge in [0.2, 0.25) is 0 Å². The maximum absolute atomic E-state index is 12.9. The summed E-state index contributed by atoms with van der Waals surface area (Å²) in [4.78, 5) is 26.4. The van der Waals surface area contributed by atoms with E-state index in [9.17, 15) is 9.59 Å². The predicted molar refractivity (Wildman–Crippen MR) is 98.4 cm³/mol. The Balaban J connectivity index is 2.16. The molecular formula is C20H30N2O3. The van der Waals surface area contributed by atoms with Crippen LogP contribution in [0.3, 0.4) is 0 Å². The Morgan fingerprint density at radius 1 is 1.04 bits per heavy atom. The van der Waals surface area contributed by atoms with Crippen LogP contribution in [0.2, 0.25) is 0 Å². The first kappa shape index (κ1) is 19.4. The van der Waals surface area contributed by atoms with Crippen molar-refractivity contribution < 1.29 is 14.3 Å². The zero-order chi connectivity index (χ0) is 19.0. The molecule has 0 bridgehead atoms. The highest BCUT2D eigenvalue weighted by molar-refractivity contribution is 6.07. The predicted octanol–water partition coefficient (Wildman–Crippen LogP) is 3.57. The number of urea groups is 1. The van der Waals surface area contributed by atoms with Crippen molar-refractivity contribution in [3.05, 3.63) is 35.4 Å². The highest BCUT2D eigenvalue weighted by Gasteiger charge is 2.48. The molecule has 1 aliphatic rings. The molecular weight excluding hydrogens is 316 g/mol. The third-order valence-electron chi connectivity index (χ3n) is 4.45. The first-order chi connectivity index (χ1) is 11.3. The third kappa shape index (κ3) is 4.21. The fraction of sp³-hybridized carbons (Fsp3) is 0.600. The minimum Gasteiger partial charge on any atom is -0.374 e. The van der Waals surface area contributed by atoms with Crippen molar-refractivity contribution in [3.8, 4) is 0 Å². The first-order valence-corrected chi connectivity index (χ1v) is 8.74. The normalized spacial score (nSPS) is 21.6. The van der Waals surface area contributed by atoms with Gasteiger partial charge in [-0.3, -0.25) is 9.69 Å². The molecule has 1 N–H and O–H groups in total. The molecule has 0 unspecified atom stereocenters. The summed E-state index contributed by atoms with van der Waals surface area (Å²) in [5.74, 6) is -0.237. The fourth-order valence-corrected chi connectivity index (χ4v) is 2.84. The van der Waals surface area contributed by atoms with Crippen LogP contribution in [0.15, 0.2) is 24.3 Å². The largest absolute Gasteiger partial charge is 0.374 e. The van der Waals surface area contributed by atoms with Crippen LogP contribution in [0.25, 0.3) is 0 Å². The Kier molecular flexibility index (Phi) is 5.01. The number of benzene rings is 1. The molecule has 1 heterocycles. The van der Waals surface area contributed by atoms with Gasteiger partial charge in [-0.25, -0.2) is 4.79 Å². The van der Waals surface area contributed by atoms with Gasteiger partial charge in [-0.15, -0.1) is 0 Å². The van der Waals surface area contributed by atoms with E-state index in [1.165, 1.54) is 10.5 Å². The van der Waals surface area contributed by atoms with E-state index in [2.05, 4.69) is 26.1 Å². The van der Waals surface area contributed by atoms with E-state index < -0.39 is 5.54 Å². The molecule has 1 aliphatic heterocycles. The number of hydrogen-bond acceptors (Lipinski definition) is 3. The molecule has 25 heavy (non-hydrogen) atoms. The molecule has 1 aromatic rings. The second-order valence-electron chi connectivity index (χ2n) is 8.80. The van der Waals surface area contributed by atoms with Crippen molar-refractivity contribution in [1.82, 2.24) is 10.2 Å².